The molecule has 2 aromatic rings. The van der Waals surface area contributed by atoms with Gasteiger partial charge in [0.1, 0.15) is 21.0 Å². The second-order valence-corrected chi connectivity index (χ2v) is 6.58. The van der Waals surface area contributed by atoms with Gasteiger partial charge in [0.05, 0.1) is 17.6 Å². The number of carbonyl (C=O) groups excluding carboxylic acids is 2. The summed E-state index contributed by atoms with van der Waals surface area (Å²) in [6.45, 7) is 1.58. The Morgan fingerprint density at radius 3 is 2.74 bits per heavy atom. The monoisotopic (exact) mass is 405 g/mol. The van der Waals surface area contributed by atoms with Gasteiger partial charge in [-0.3, -0.25) is 14.9 Å². The molecule has 0 bridgehead atoms. The van der Waals surface area contributed by atoms with E-state index in [1.165, 1.54) is 31.4 Å². The normalized spacial score (nSPS) is 10.4. The first-order valence-electron chi connectivity index (χ1n) is 7.33. The van der Waals surface area contributed by atoms with Gasteiger partial charge in [0.15, 0.2) is 0 Å². The lowest BCUT2D eigenvalue weighted by atomic mass is 10.1. The fourth-order valence-corrected chi connectivity index (χ4v) is 3.39. The number of anilines is 1. The van der Waals surface area contributed by atoms with E-state index in [1.54, 1.807) is 6.92 Å². The average Bonchev–Trinajstić information content (AvgIpc) is 2.95. The van der Waals surface area contributed by atoms with Crippen LogP contribution < -0.4 is 5.32 Å². The number of methoxy groups -OCH3 is 1. The van der Waals surface area contributed by atoms with Gasteiger partial charge in [-0.25, -0.2) is 4.79 Å². The zero-order valence-electron chi connectivity index (χ0n) is 14.1. The number of nitrogens with zero attached hydrogens (tertiary/aromatic N) is 2. The molecule has 0 aliphatic heterocycles. The molecule has 0 spiro atoms. The van der Waals surface area contributed by atoms with Crippen molar-refractivity contribution in [3.05, 3.63) is 61.0 Å². The second kappa shape index (κ2) is 8.44. The van der Waals surface area contributed by atoms with E-state index in [0.717, 1.165) is 17.4 Å². The topological polar surface area (TPSA) is 122 Å². The van der Waals surface area contributed by atoms with E-state index in [9.17, 15) is 25.0 Å². The van der Waals surface area contributed by atoms with E-state index in [4.69, 9.17) is 11.6 Å². The van der Waals surface area contributed by atoms with E-state index in [0.29, 0.717) is 11.1 Å². The zero-order valence-corrected chi connectivity index (χ0v) is 15.7. The number of carbonyl (C=O) groups is 2. The van der Waals surface area contributed by atoms with Crippen molar-refractivity contribution in [2.75, 3.05) is 12.4 Å². The molecule has 1 N–H and O–H groups in total. The number of nitriles is 1. The zero-order chi connectivity index (χ0) is 20.1. The fourth-order valence-electron chi connectivity index (χ4n) is 2.12. The highest BCUT2D eigenvalue weighted by Gasteiger charge is 2.21. The number of rotatable bonds is 5. The number of halogens is 1. The molecule has 8 nitrogen and oxygen atoms in total. The van der Waals surface area contributed by atoms with Crippen molar-refractivity contribution in [3.8, 4) is 6.07 Å². The number of amides is 1. The van der Waals surface area contributed by atoms with Gasteiger partial charge in [-0.1, -0.05) is 17.7 Å². The molecule has 1 heterocycles. The van der Waals surface area contributed by atoms with Gasteiger partial charge in [-0.15, -0.1) is 11.3 Å². The third-order valence-electron chi connectivity index (χ3n) is 3.46. The van der Waals surface area contributed by atoms with Crippen molar-refractivity contribution in [3.63, 3.8) is 0 Å². The molecule has 1 aromatic heterocycles. The van der Waals surface area contributed by atoms with Crippen molar-refractivity contribution in [1.82, 2.24) is 0 Å². The van der Waals surface area contributed by atoms with Crippen molar-refractivity contribution in [2.24, 2.45) is 0 Å². The molecule has 0 radical (unpaired) electrons. The van der Waals surface area contributed by atoms with Crippen LogP contribution in [0.4, 0.5) is 10.7 Å². The van der Waals surface area contributed by atoms with Crippen LogP contribution in [-0.2, 0) is 9.53 Å². The van der Waals surface area contributed by atoms with Gasteiger partial charge < -0.3 is 10.1 Å². The molecule has 0 aliphatic carbocycles. The summed E-state index contributed by atoms with van der Waals surface area (Å²) in [7, 11) is 1.22. The van der Waals surface area contributed by atoms with Crippen LogP contribution in [0.25, 0.3) is 6.08 Å². The highest BCUT2D eigenvalue weighted by atomic mass is 35.5. The Kier molecular flexibility index (Phi) is 6.28. The summed E-state index contributed by atoms with van der Waals surface area (Å²) in [5, 5.41) is 22.9. The summed E-state index contributed by atoms with van der Waals surface area (Å²) in [6.07, 6.45) is 2.52. The van der Waals surface area contributed by atoms with E-state index in [2.05, 4.69) is 10.1 Å². The molecular weight excluding hydrogens is 394 g/mol. The average molecular weight is 406 g/mol. The number of benzene rings is 1. The quantitative estimate of drug-likeness (QED) is 0.348. The van der Waals surface area contributed by atoms with Crippen LogP contribution in [0.5, 0.6) is 0 Å². The molecule has 10 heteroatoms. The molecule has 0 aliphatic rings. The van der Waals surface area contributed by atoms with Crippen molar-refractivity contribution < 1.29 is 19.2 Å². The number of nitro groups is 1. The Morgan fingerprint density at radius 1 is 1.44 bits per heavy atom. The Morgan fingerprint density at radius 2 is 2.15 bits per heavy atom. The Hall–Kier alpha value is -3.22. The molecule has 27 heavy (non-hydrogen) atoms. The van der Waals surface area contributed by atoms with Crippen LogP contribution in [0.2, 0.25) is 5.02 Å². The first-order valence-corrected chi connectivity index (χ1v) is 8.52. The SMILES string of the molecule is COC(=O)c1sc(NC(=O)C=Cc2ccc(Cl)c([N+](=O)[O-])c2)c(C#N)c1C. The highest BCUT2D eigenvalue weighted by molar-refractivity contribution is 7.18. The summed E-state index contributed by atoms with van der Waals surface area (Å²) in [5.41, 5.74) is 0.716. The summed E-state index contributed by atoms with van der Waals surface area (Å²) >= 11 is 6.67. The van der Waals surface area contributed by atoms with Gasteiger partial charge in [0, 0.05) is 12.1 Å². The fraction of sp³-hybridized carbons (Fsp3) is 0.118. The minimum absolute atomic E-state index is 0.00957. The maximum Gasteiger partial charge on any atom is 0.348 e. The van der Waals surface area contributed by atoms with E-state index in [1.807, 2.05) is 6.07 Å². The van der Waals surface area contributed by atoms with Crippen LogP contribution in [0.1, 0.15) is 26.4 Å². The molecule has 1 aromatic carbocycles. The first kappa shape index (κ1) is 20.1. The van der Waals surface area contributed by atoms with E-state index < -0.39 is 16.8 Å². The largest absolute Gasteiger partial charge is 0.465 e. The van der Waals surface area contributed by atoms with E-state index in [-0.39, 0.29) is 26.2 Å². The predicted octanol–water partition coefficient (Wildman–Crippen LogP) is 3.93. The summed E-state index contributed by atoms with van der Waals surface area (Å²) in [6, 6.07) is 6.05. The molecule has 0 saturated heterocycles. The van der Waals surface area contributed by atoms with Crippen molar-refractivity contribution in [1.29, 1.82) is 5.26 Å². The molecule has 0 saturated carbocycles. The minimum Gasteiger partial charge on any atom is -0.465 e. The van der Waals surface area contributed by atoms with Crippen molar-refractivity contribution >= 4 is 51.6 Å². The number of esters is 1. The number of hydrogen-bond donors (Lipinski definition) is 1. The smallest absolute Gasteiger partial charge is 0.348 e. The van der Waals surface area contributed by atoms with Gasteiger partial charge in [0.25, 0.3) is 5.69 Å². The molecule has 1 amide bonds. The summed E-state index contributed by atoms with van der Waals surface area (Å²) in [4.78, 5) is 34.3. The lowest BCUT2D eigenvalue weighted by molar-refractivity contribution is -0.384. The minimum atomic E-state index is -0.623. The van der Waals surface area contributed by atoms with Crippen LogP contribution >= 0.6 is 22.9 Å². The third-order valence-corrected chi connectivity index (χ3v) is 4.97. The molecule has 0 unspecified atom stereocenters. The number of nitro benzene ring substituents is 1. The van der Waals surface area contributed by atoms with Gasteiger partial charge in [-0.2, -0.15) is 5.26 Å². The molecule has 138 valence electrons. The predicted molar refractivity (Wildman–Crippen MR) is 101 cm³/mol. The van der Waals surface area contributed by atoms with Gasteiger partial charge in [-0.05, 0) is 30.2 Å². The Bertz CT molecular complexity index is 1010. The van der Waals surface area contributed by atoms with Crippen LogP contribution in [0.3, 0.4) is 0 Å². The lowest BCUT2D eigenvalue weighted by Gasteiger charge is -2.00. The van der Waals surface area contributed by atoms with Crippen molar-refractivity contribution in [2.45, 2.75) is 6.92 Å². The maximum atomic E-state index is 12.1. The van der Waals surface area contributed by atoms with Crippen LogP contribution in [-0.4, -0.2) is 23.9 Å². The highest BCUT2D eigenvalue weighted by Crippen LogP contribution is 2.33. The molecule has 2 rings (SSSR count). The Balaban J connectivity index is 2.23. The molecule has 0 atom stereocenters. The maximum absolute atomic E-state index is 12.1. The Labute approximate surface area is 162 Å². The van der Waals surface area contributed by atoms with E-state index >= 15 is 0 Å². The number of thiophene rings is 1. The second-order valence-electron chi connectivity index (χ2n) is 5.15. The molecule has 0 fully saturated rings. The summed E-state index contributed by atoms with van der Waals surface area (Å²) in [5.74, 6) is -1.17. The third kappa shape index (κ3) is 4.49. The number of nitrogens with one attached hydrogen (secondary N) is 1. The number of hydrogen-bond acceptors (Lipinski definition) is 7. The van der Waals surface area contributed by atoms with Gasteiger partial charge >= 0.3 is 5.97 Å². The lowest BCUT2D eigenvalue weighted by Crippen LogP contribution is -2.07. The number of ether oxygens (including phenoxy) is 1. The van der Waals surface area contributed by atoms with Crippen LogP contribution in [0, 0.1) is 28.4 Å². The van der Waals surface area contributed by atoms with Crippen LogP contribution in [0.15, 0.2) is 24.3 Å². The first-order chi connectivity index (χ1) is 12.8. The molecular formula is C17H12ClN3O5S. The standard InChI is InChI=1S/C17H12ClN3O5S/c1-9-11(8-19)16(27-15(9)17(23)26-2)20-14(22)6-4-10-3-5-12(18)13(7-10)21(24)25/h3-7H,1-2H3,(H,20,22). The summed E-state index contributed by atoms with van der Waals surface area (Å²) < 4.78 is 4.65. The van der Waals surface area contributed by atoms with Gasteiger partial charge in [0.2, 0.25) is 5.91 Å².